The molecule has 0 aromatic carbocycles. The molecule has 1 aromatic heterocycles. The van der Waals surface area contributed by atoms with E-state index in [-0.39, 0.29) is 23.7 Å². The highest BCUT2D eigenvalue weighted by Gasteiger charge is 2.12. The highest BCUT2D eigenvalue weighted by atomic mass is 19.1. The van der Waals surface area contributed by atoms with E-state index in [0.29, 0.717) is 12.1 Å². The van der Waals surface area contributed by atoms with E-state index in [9.17, 15) is 4.39 Å². The minimum atomic E-state index is -0.360. The number of hydrogen-bond donors (Lipinski definition) is 2. The maximum atomic E-state index is 13.8. The van der Waals surface area contributed by atoms with Gasteiger partial charge >= 0.3 is 0 Å². The summed E-state index contributed by atoms with van der Waals surface area (Å²) in [5.41, 5.74) is 6.11. The molecule has 0 bridgehead atoms. The Morgan fingerprint density at radius 2 is 2.12 bits per heavy atom. The first-order valence-corrected chi connectivity index (χ1v) is 5.56. The second kappa shape index (κ2) is 5.75. The van der Waals surface area contributed by atoms with Crippen molar-refractivity contribution in [2.24, 2.45) is 5.73 Å². The van der Waals surface area contributed by atoms with Gasteiger partial charge in [0.25, 0.3) is 0 Å². The predicted octanol–water partition coefficient (Wildman–Crippen LogP) is 1.72. The summed E-state index contributed by atoms with van der Waals surface area (Å²) in [5, 5.41) is 3.01. The maximum absolute atomic E-state index is 13.8. The molecule has 5 heteroatoms. The van der Waals surface area contributed by atoms with Crippen LogP contribution in [0, 0.1) is 5.82 Å². The van der Waals surface area contributed by atoms with Gasteiger partial charge < -0.3 is 11.1 Å². The minimum Gasteiger partial charge on any atom is -0.365 e. The lowest BCUT2D eigenvalue weighted by molar-refractivity contribution is 0.574. The van der Waals surface area contributed by atoms with Crippen LogP contribution in [0.2, 0.25) is 0 Å². The van der Waals surface area contributed by atoms with Gasteiger partial charge in [-0.3, -0.25) is 0 Å². The first-order chi connectivity index (χ1) is 7.54. The minimum absolute atomic E-state index is 0.0815. The van der Waals surface area contributed by atoms with Crippen LogP contribution in [-0.2, 0) is 6.42 Å². The third-order valence-corrected chi connectivity index (χ3v) is 2.31. The standard InChI is InChI=1S/C11H19FN4/c1-4-9-10(12)11(15-6-14-9)16-8(3)5-7(2)13/h6-8H,4-5,13H2,1-3H3,(H,14,15,16). The Kier molecular flexibility index (Phi) is 4.61. The van der Waals surface area contributed by atoms with Crippen LogP contribution in [0.5, 0.6) is 0 Å². The molecule has 2 unspecified atom stereocenters. The van der Waals surface area contributed by atoms with Crippen LogP contribution in [0.4, 0.5) is 10.2 Å². The Hall–Kier alpha value is -1.23. The molecule has 0 aliphatic heterocycles. The second-order valence-electron chi connectivity index (χ2n) is 4.09. The molecule has 16 heavy (non-hydrogen) atoms. The number of nitrogens with zero attached hydrogens (tertiary/aromatic N) is 2. The van der Waals surface area contributed by atoms with Crippen molar-refractivity contribution in [3.63, 3.8) is 0 Å². The molecule has 0 fully saturated rings. The van der Waals surface area contributed by atoms with Gasteiger partial charge in [0.05, 0.1) is 5.69 Å². The van der Waals surface area contributed by atoms with Gasteiger partial charge in [-0.25, -0.2) is 14.4 Å². The lowest BCUT2D eigenvalue weighted by Crippen LogP contribution is -2.27. The number of anilines is 1. The molecule has 0 spiro atoms. The topological polar surface area (TPSA) is 63.8 Å². The molecule has 2 atom stereocenters. The molecule has 1 rings (SSSR count). The summed E-state index contributed by atoms with van der Waals surface area (Å²) in [6.45, 7) is 5.74. The molecule has 1 heterocycles. The van der Waals surface area contributed by atoms with Crippen LogP contribution in [-0.4, -0.2) is 22.1 Å². The molecule has 0 saturated carbocycles. The van der Waals surface area contributed by atoms with Crippen LogP contribution in [0.25, 0.3) is 0 Å². The highest BCUT2D eigenvalue weighted by Crippen LogP contribution is 2.15. The highest BCUT2D eigenvalue weighted by molar-refractivity contribution is 5.38. The molecule has 1 aromatic rings. The Bertz CT molecular complexity index is 341. The summed E-state index contributed by atoms with van der Waals surface area (Å²) in [4.78, 5) is 7.77. The number of nitrogens with one attached hydrogen (secondary N) is 1. The molecule has 0 radical (unpaired) electrons. The Balaban J connectivity index is 2.73. The van der Waals surface area contributed by atoms with Crippen LogP contribution < -0.4 is 11.1 Å². The number of aromatic nitrogens is 2. The average Bonchev–Trinajstić information content (AvgIpc) is 2.20. The summed E-state index contributed by atoms with van der Waals surface area (Å²) in [6.07, 6.45) is 2.71. The van der Waals surface area contributed by atoms with Gasteiger partial charge in [-0.05, 0) is 26.7 Å². The van der Waals surface area contributed by atoms with Gasteiger partial charge in [0.1, 0.15) is 6.33 Å². The predicted molar refractivity (Wildman–Crippen MR) is 62.7 cm³/mol. The van der Waals surface area contributed by atoms with Crippen molar-refractivity contribution in [1.29, 1.82) is 0 Å². The number of halogens is 1. The van der Waals surface area contributed by atoms with Crippen molar-refractivity contribution in [3.05, 3.63) is 17.8 Å². The third kappa shape index (κ3) is 3.41. The third-order valence-electron chi connectivity index (χ3n) is 2.31. The lowest BCUT2D eigenvalue weighted by Gasteiger charge is -2.17. The summed E-state index contributed by atoms with van der Waals surface area (Å²) >= 11 is 0. The molecule has 3 N–H and O–H groups in total. The largest absolute Gasteiger partial charge is 0.365 e. The van der Waals surface area contributed by atoms with Crippen LogP contribution in [0.3, 0.4) is 0 Å². The average molecular weight is 226 g/mol. The Morgan fingerprint density at radius 1 is 1.44 bits per heavy atom. The van der Waals surface area contributed by atoms with Gasteiger partial charge in [0, 0.05) is 12.1 Å². The SMILES string of the molecule is CCc1ncnc(NC(C)CC(C)N)c1F. The van der Waals surface area contributed by atoms with Crippen molar-refractivity contribution >= 4 is 5.82 Å². The summed E-state index contributed by atoms with van der Waals surface area (Å²) in [5.74, 6) is -0.0958. The van der Waals surface area contributed by atoms with Gasteiger partial charge in [-0.2, -0.15) is 0 Å². The molecule has 0 amide bonds. The summed E-state index contributed by atoms with van der Waals surface area (Å²) in [7, 11) is 0. The van der Waals surface area contributed by atoms with Gasteiger partial charge in [-0.15, -0.1) is 0 Å². The zero-order valence-corrected chi connectivity index (χ0v) is 10.00. The first kappa shape index (κ1) is 12.8. The Labute approximate surface area is 95.5 Å². The molecular weight excluding hydrogens is 207 g/mol. The van der Waals surface area contributed by atoms with Gasteiger partial charge in [0.15, 0.2) is 11.6 Å². The van der Waals surface area contributed by atoms with E-state index in [0.717, 1.165) is 6.42 Å². The van der Waals surface area contributed by atoms with E-state index in [1.165, 1.54) is 6.33 Å². The molecule has 0 aliphatic rings. The maximum Gasteiger partial charge on any atom is 0.186 e. The van der Waals surface area contributed by atoms with Crippen molar-refractivity contribution in [3.8, 4) is 0 Å². The van der Waals surface area contributed by atoms with E-state index in [1.54, 1.807) is 0 Å². The van der Waals surface area contributed by atoms with Crippen molar-refractivity contribution in [2.45, 2.75) is 45.7 Å². The first-order valence-electron chi connectivity index (χ1n) is 5.56. The lowest BCUT2D eigenvalue weighted by atomic mass is 10.1. The fourth-order valence-electron chi connectivity index (χ4n) is 1.60. The summed E-state index contributed by atoms with van der Waals surface area (Å²) < 4.78 is 13.8. The fraction of sp³-hybridized carbons (Fsp3) is 0.636. The molecular formula is C11H19FN4. The smallest absolute Gasteiger partial charge is 0.186 e. The Morgan fingerprint density at radius 3 is 2.69 bits per heavy atom. The van der Waals surface area contributed by atoms with E-state index in [2.05, 4.69) is 15.3 Å². The van der Waals surface area contributed by atoms with Crippen molar-refractivity contribution < 1.29 is 4.39 Å². The van der Waals surface area contributed by atoms with E-state index >= 15 is 0 Å². The zero-order chi connectivity index (χ0) is 12.1. The quantitative estimate of drug-likeness (QED) is 0.802. The normalized spacial score (nSPS) is 14.6. The zero-order valence-electron chi connectivity index (χ0n) is 10.00. The number of nitrogens with two attached hydrogens (primary N) is 1. The van der Waals surface area contributed by atoms with Gasteiger partial charge in [0.2, 0.25) is 0 Å². The molecule has 0 saturated heterocycles. The fourth-order valence-corrected chi connectivity index (χ4v) is 1.60. The van der Waals surface area contributed by atoms with Crippen molar-refractivity contribution in [1.82, 2.24) is 9.97 Å². The van der Waals surface area contributed by atoms with Crippen LogP contribution >= 0.6 is 0 Å². The molecule has 90 valence electrons. The number of hydrogen-bond acceptors (Lipinski definition) is 4. The molecule has 0 aliphatic carbocycles. The number of aryl methyl sites for hydroxylation is 1. The van der Waals surface area contributed by atoms with E-state index < -0.39 is 0 Å². The molecule has 4 nitrogen and oxygen atoms in total. The monoisotopic (exact) mass is 226 g/mol. The second-order valence-corrected chi connectivity index (χ2v) is 4.09. The van der Waals surface area contributed by atoms with Crippen molar-refractivity contribution in [2.75, 3.05) is 5.32 Å². The number of rotatable bonds is 5. The van der Waals surface area contributed by atoms with Crippen LogP contribution in [0.1, 0.15) is 32.9 Å². The van der Waals surface area contributed by atoms with E-state index in [1.807, 2.05) is 20.8 Å². The van der Waals surface area contributed by atoms with E-state index in [4.69, 9.17) is 5.73 Å². The van der Waals surface area contributed by atoms with Crippen LogP contribution in [0.15, 0.2) is 6.33 Å². The summed E-state index contributed by atoms with van der Waals surface area (Å²) in [6, 6.07) is 0.173. The van der Waals surface area contributed by atoms with Gasteiger partial charge in [-0.1, -0.05) is 6.92 Å².